The lowest BCUT2D eigenvalue weighted by Crippen LogP contribution is -2.12. The molecule has 0 spiro atoms. The predicted octanol–water partition coefficient (Wildman–Crippen LogP) is 3.24. The van der Waals surface area contributed by atoms with E-state index < -0.39 is 0 Å². The third-order valence-electron chi connectivity index (χ3n) is 2.78. The molecule has 2 nitrogen and oxygen atoms in total. The second-order valence-electron chi connectivity index (χ2n) is 4.00. The fourth-order valence-corrected chi connectivity index (χ4v) is 1.95. The Hall–Kier alpha value is -1.12. The van der Waals surface area contributed by atoms with Crippen molar-refractivity contribution < 1.29 is 9.47 Å². The summed E-state index contributed by atoms with van der Waals surface area (Å²) in [5.41, 5.74) is 2.54. The molecule has 1 aromatic rings. The molecule has 16 heavy (non-hydrogen) atoms. The fourth-order valence-electron chi connectivity index (χ4n) is 1.95. The summed E-state index contributed by atoms with van der Waals surface area (Å²) in [6.45, 7) is 4.77. The van der Waals surface area contributed by atoms with E-state index in [4.69, 9.17) is 9.47 Å². The van der Waals surface area contributed by atoms with Gasteiger partial charge in [0, 0.05) is 13.0 Å². The Morgan fingerprint density at radius 2 is 2.12 bits per heavy atom. The molecular weight excluding hydrogens is 200 g/mol. The van der Waals surface area contributed by atoms with E-state index in [-0.39, 0.29) is 12.4 Å². The van der Waals surface area contributed by atoms with Gasteiger partial charge in [-0.15, -0.1) is 0 Å². The Balaban J connectivity index is 2.08. The van der Waals surface area contributed by atoms with Crippen LogP contribution in [0.2, 0.25) is 0 Å². The third kappa shape index (κ3) is 2.71. The van der Waals surface area contributed by atoms with Gasteiger partial charge in [0.05, 0.1) is 6.10 Å². The van der Waals surface area contributed by atoms with Gasteiger partial charge >= 0.3 is 0 Å². The molecule has 0 aromatic heterocycles. The minimum absolute atomic E-state index is 0.0602. The molecule has 1 aromatic carbocycles. The summed E-state index contributed by atoms with van der Waals surface area (Å²) in [4.78, 5) is 0. The molecule has 0 amide bonds. The topological polar surface area (TPSA) is 18.5 Å². The van der Waals surface area contributed by atoms with E-state index in [2.05, 4.69) is 25.1 Å². The van der Waals surface area contributed by atoms with E-state index in [1.807, 2.05) is 25.1 Å². The molecule has 0 aliphatic carbocycles. The zero-order valence-electron chi connectivity index (χ0n) is 9.85. The molecule has 0 bridgehead atoms. The first-order chi connectivity index (χ1) is 7.79. The van der Waals surface area contributed by atoms with Crippen molar-refractivity contribution in [2.45, 2.75) is 32.7 Å². The van der Waals surface area contributed by atoms with Crippen LogP contribution in [0.4, 0.5) is 0 Å². The van der Waals surface area contributed by atoms with E-state index in [9.17, 15) is 0 Å². The lowest BCUT2D eigenvalue weighted by molar-refractivity contribution is -0.125. The van der Waals surface area contributed by atoms with Crippen LogP contribution in [-0.4, -0.2) is 19.0 Å². The minimum Gasteiger partial charge on any atom is -0.353 e. The molecule has 0 radical (unpaired) electrons. The van der Waals surface area contributed by atoms with Gasteiger partial charge in [-0.05, 0) is 25.0 Å². The Kier molecular flexibility index (Phi) is 3.75. The number of hydrogen-bond acceptors (Lipinski definition) is 2. The monoisotopic (exact) mass is 218 g/mol. The molecule has 2 unspecified atom stereocenters. The molecule has 1 fully saturated rings. The van der Waals surface area contributed by atoms with Crippen LogP contribution in [0, 0.1) is 0 Å². The van der Waals surface area contributed by atoms with E-state index in [0.29, 0.717) is 6.61 Å². The lowest BCUT2D eigenvalue weighted by Gasteiger charge is -2.08. The molecule has 2 rings (SSSR count). The zero-order valence-corrected chi connectivity index (χ0v) is 9.85. The van der Waals surface area contributed by atoms with Crippen LogP contribution in [0.3, 0.4) is 0 Å². The minimum atomic E-state index is -0.0602. The Labute approximate surface area is 96.9 Å². The number of benzene rings is 1. The van der Waals surface area contributed by atoms with Crippen molar-refractivity contribution in [2.75, 3.05) is 6.61 Å². The SMILES string of the molecule is CCOC1C/C(=C/c2ccccc2)C(C)O1. The van der Waals surface area contributed by atoms with Gasteiger partial charge in [-0.2, -0.15) is 0 Å². The first-order valence-electron chi connectivity index (χ1n) is 5.82. The fraction of sp³-hybridized carbons (Fsp3) is 0.429. The van der Waals surface area contributed by atoms with E-state index in [1.165, 1.54) is 11.1 Å². The van der Waals surface area contributed by atoms with Crippen LogP contribution >= 0.6 is 0 Å². The van der Waals surface area contributed by atoms with Crippen molar-refractivity contribution in [1.82, 2.24) is 0 Å². The molecule has 1 heterocycles. The van der Waals surface area contributed by atoms with Crippen molar-refractivity contribution in [2.24, 2.45) is 0 Å². The molecule has 2 atom stereocenters. The highest BCUT2D eigenvalue weighted by Crippen LogP contribution is 2.27. The van der Waals surface area contributed by atoms with Crippen LogP contribution in [0.5, 0.6) is 0 Å². The molecule has 2 heteroatoms. The van der Waals surface area contributed by atoms with E-state index in [0.717, 1.165) is 6.42 Å². The maximum Gasteiger partial charge on any atom is 0.162 e. The van der Waals surface area contributed by atoms with Crippen molar-refractivity contribution >= 4 is 6.08 Å². The van der Waals surface area contributed by atoms with Gasteiger partial charge in [0.2, 0.25) is 0 Å². The second-order valence-corrected chi connectivity index (χ2v) is 4.00. The molecule has 86 valence electrons. The summed E-state index contributed by atoms with van der Waals surface area (Å²) in [6.07, 6.45) is 3.18. The Morgan fingerprint density at radius 1 is 1.38 bits per heavy atom. The van der Waals surface area contributed by atoms with Gasteiger partial charge < -0.3 is 9.47 Å². The number of hydrogen-bond donors (Lipinski definition) is 0. The van der Waals surface area contributed by atoms with Crippen LogP contribution < -0.4 is 0 Å². The first-order valence-corrected chi connectivity index (χ1v) is 5.82. The summed E-state index contributed by atoms with van der Waals surface area (Å²) in [5.74, 6) is 0. The average molecular weight is 218 g/mol. The highest BCUT2D eigenvalue weighted by atomic mass is 16.7. The summed E-state index contributed by atoms with van der Waals surface area (Å²) >= 11 is 0. The Morgan fingerprint density at radius 3 is 2.81 bits per heavy atom. The summed E-state index contributed by atoms with van der Waals surface area (Å²) in [5, 5.41) is 0. The zero-order chi connectivity index (χ0) is 11.4. The van der Waals surface area contributed by atoms with Gasteiger partial charge in [-0.3, -0.25) is 0 Å². The highest BCUT2D eigenvalue weighted by Gasteiger charge is 2.26. The molecule has 1 aliphatic rings. The highest BCUT2D eigenvalue weighted by molar-refractivity contribution is 5.54. The average Bonchev–Trinajstić information content (AvgIpc) is 2.61. The Bertz CT molecular complexity index is 356. The van der Waals surface area contributed by atoms with Crippen LogP contribution in [0.25, 0.3) is 6.08 Å². The maximum atomic E-state index is 5.70. The summed E-state index contributed by atoms with van der Waals surface area (Å²) in [7, 11) is 0. The first kappa shape index (κ1) is 11.4. The molecule has 0 saturated carbocycles. The van der Waals surface area contributed by atoms with Crippen molar-refractivity contribution in [3.8, 4) is 0 Å². The van der Waals surface area contributed by atoms with Gasteiger partial charge in [-0.25, -0.2) is 0 Å². The van der Waals surface area contributed by atoms with E-state index in [1.54, 1.807) is 0 Å². The molecular formula is C14H18O2. The van der Waals surface area contributed by atoms with Gasteiger partial charge in [0.1, 0.15) is 0 Å². The van der Waals surface area contributed by atoms with Crippen LogP contribution in [0.15, 0.2) is 35.9 Å². The summed E-state index contributed by atoms with van der Waals surface area (Å²) < 4.78 is 11.2. The smallest absolute Gasteiger partial charge is 0.162 e. The van der Waals surface area contributed by atoms with Gasteiger partial charge in [0.25, 0.3) is 0 Å². The number of rotatable bonds is 3. The maximum absolute atomic E-state index is 5.70. The van der Waals surface area contributed by atoms with Crippen molar-refractivity contribution in [1.29, 1.82) is 0 Å². The normalized spacial score (nSPS) is 27.5. The van der Waals surface area contributed by atoms with Crippen LogP contribution in [0.1, 0.15) is 25.8 Å². The lowest BCUT2D eigenvalue weighted by atomic mass is 10.1. The third-order valence-corrected chi connectivity index (χ3v) is 2.78. The summed E-state index contributed by atoms with van der Waals surface area (Å²) in [6, 6.07) is 10.3. The van der Waals surface area contributed by atoms with Crippen LogP contribution in [-0.2, 0) is 9.47 Å². The second kappa shape index (κ2) is 5.28. The predicted molar refractivity (Wildman–Crippen MR) is 65.0 cm³/mol. The standard InChI is InChI=1S/C14H18O2/c1-3-15-14-10-13(11(2)16-14)9-12-7-5-4-6-8-12/h4-9,11,14H,3,10H2,1-2H3/b13-9-. The molecule has 1 aliphatic heterocycles. The number of ether oxygens (including phenoxy) is 2. The van der Waals surface area contributed by atoms with Gasteiger partial charge in [-0.1, -0.05) is 36.4 Å². The van der Waals surface area contributed by atoms with Crippen molar-refractivity contribution in [3.05, 3.63) is 41.5 Å². The van der Waals surface area contributed by atoms with Crippen molar-refractivity contribution in [3.63, 3.8) is 0 Å². The van der Waals surface area contributed by atoms with E-state index >= 15 is 0 Å². The molecule has 1 saturated heterocycles. The van der Waals surface area contributed by atoms with Gasteiger partial charge in [0.15, 0.2) is 6.29 Å². The largest absolute Gasteiger partial charge is 0.353 e. The molecule has 0 N–H and O–H groups in total. The quantitative estimate of drug-likeness (QED) is 0.775.